The Morgan fingerprint density at radius 2 is 1.82 bits per heavy atom. The van der Waals surface area contributed by atoms with E-state index in [1.807, 2.05) is 47.8 Å². The second-order valence-electron chi connectivity index (χ2n) is 4.68. The van der Waals surface area contributed by atoms with E-state index in [9.17, 15) is 14.7 Å². The Morgan fingerprint density at radius 3 is 2.45 bits per heavy atom. The molecule has 0 aliphatic heterocycles. The molecule has 0 atom stereocenters. The van der Waals surface area contributed by atoms with E-state index in [1.54, 1.807) is 16.2 Å². The molecule has 22 heavy (non-hydrogen) atoms. The Hall–Kier alpha value is -2.18. The van der Waals surface area contributed by atoms with Gasteiger partial charge in [-0.2, -0.15) is 0 Å². The van der Waals surface area contributed by atoms with Crippen LogP contribution in [0.2, 0.25) is 0 Å². The summed E-state index contributed by atoms with van der Waals surface area (Å²) in [4.78, 5) is 25.3. The number of aliphatic carboxylic acids is 1. The first kappa shape index (κ1) is 16.2. The van der Waals surface area contributed by atoms with Crippen LogP contribution in [-0.4, -0.2) is 30.0 Å². The van der Waals surface area contributed by atoms with Crippen molar-refractivity contribution in [1.29, 1.82) is 0 Å². The van der Waals surface area contributed by atoms with Gasteiger partial charge in [0.1, 0.15) is 6.61 Å². The summed E-state index contributed by atoms with van der Waals surface area (Å²) in [6.45, 7) is 0.0719. The lowest BCUT2D eigenvalue weighted by molar-refractivity contribution is -0.309. The maximum atomic E-state index is 12.2. The van der Waals surface area contributed by atoms with Crippen LogP contribution < -0.4 is 5.11 Å². The second-order valence-corrected chi connectivity index (χ2v) is 5.71. The molecule has 0 unspecified atom stereocenters. The molecule has 0 aliphatic carbocycles. The minimum absolute atomic E-state index is 0.251. The number of carboxylic acid groups (broad SMARTS) is 1. The Bertz CT molecular complexity index is 598. The number of carbonyl (C=O) groups excluding carboxylic acids is 2. The molecule has 0 saturated heterocycles. The number of hydrogen-bond acceptors (Lipinski definition) is 5. The van der Waals surface area contributed by atoms with Gasteiger partial charge in [-0.15, -0.1) is 11.3 Å². The van der Waals surface area contributed by atoms with Gasteiger partial charge in [0, 0.05) is 11.4 Å². The Balaban J connectivity index is 2.00. The van der Waals surface area contributed by atoms with Crippen molar-refractivity contribution < 1.29 is 19.4 Å². The van der Waals surface area contributed by atoms with Crippen molar-refractivity contribution in [3.63, 3.8) is 0 Å². The number of carbonyl (C=O) groups is 2. The molecule has 1 amide bonds. The van der Waals surface area contributed by atoms with E-state index in [0.717, 1.165) is 10.4 Å². The van der Waals surface area contributed by atoms with E-state index >= 15 is 0 Å². The maximum absolute atomic E-state index is 12.2. The fourth-order valence-corrected chi connectivity index (χ4v) is 2.66. The summed E-state index contributed by atoms with van der Waals surface area (Å²) in [6.07, 6.45) is 0. The Morgan fingerprint density at radius 1 is 1.05 bits per heavy atom. The number of benzene rings is 1. The third-order valence-corrected chi connectivity index (χ3v) is 3.80. The summed E-state index contributed by atoms with van der Waals surface area (Å²) in [5.41, 5.74) is 1.01. The van der Waals surface area contributed by atoms with Crippen molar-refractivity contribution in [3.05, 3.63) is 58.3 Å². The first-order valence-electron chi connectivity index (χ1n) is 6.77. The van der Waals surface area contributed by atoms with Gasteiger partial charge < -0.3 is 19.5 Å². The fourth-order valence-electron chi connectivity index (χ4n) is 1.94. The summed E-state index contributed by atoms with van der Waals surface area (Å²) in [7, 11) is 0. The van der Waals surface area contributed by atoms with Crippen LogP contribution in [0.4, 0.5) is 0 Å². The highest BCUT2D eigenvalue weighted by molar-refractivity contribution is 7.09. The largest absolute Gasteiger partial charge is 0.548 e. The van der Waals surface area contributed by atoms with Gasteiger partial charge in [0.25, 0.3) is 0 Å². The van der Waals surface area contributed by atoms with Crippen LogP contribution in [0.15, 0.2) is 47.8 Å². The molecule has 0 radical (unpaired) electrons. The maximum Gasteiger partial charge on any atom is 0.249 e. The standard InChI is InChI=1S/C16H17NO4S/c18-15(11-21-12-16(19)20)17(10-14-7-4-8-22-14)9-13-5-2-1-3-6-13/h1-8H,9-12H2,(H,19,20)/p-1. The number of carboxylic acids is 1. The quantitative estimate of drug-likeness (QED) is 0.729. The van der Waals surface area contributed by atoms with E-state index in [-0.39, 0.29) is 12.5 Å². The minimum atomic E-state index is -1.33. The Labute approximate surface area is 132 Å². The van der Waals surface area contributed by atoms with Gasteiger partial charge in [-0.3, -0.25) is 4.79 Å². The zero-order chi connectivity index (χ0) is 15.8. The predicted octanol–water partition coefficient (Wildman–Crippen LogP) is 1.04. The van der Waals surface area contributed by atoms with Crippen LogP contribution in [0, 0.1) is 0 Å². The van der Waals surface area contributed by atoms with E-state index in [2.05, 4.69) is 0 Å². The molecule has 0 saturated carbocycles. The van der Waals surface area contributed by atoms with E-state index < -0.39 is 12.6 Å². The topological polar surface area (TPSA) is 69.7 Å². The first-order chi connectivity index (χ1) is 10.6. The van der Waals surface area contributed by atoms with Crippen molar-refractivity contribution in [2.45, 2.75) is 13.1 Å². The van der Waals surface area contributed by atoms with Gasteiger partial charge >= 0.3 is 0 Å². The molecule has 1 aromatic carbocycles. The molecule has 0 aliphatic rings. The normalized spacial score (nSPS) is 10.4. The zero-order valence-corrected chi connectivity index (χ0v) is 12.8. The van der Waals surface area contributed by atoms with Crippen molar-refractivity contribution in [2.24, 2.45) is 0 Å². The minimum Gasteiger partial charge on any atom is -0.548 e. The lowest BCUT2D eigenvalue weighted by atomic mass is 10.2. The number of nitrogens with zero attached hydrogens (tertiary/aromatic N) is 1. The Kier molecular flexibility index (Phi) is 6.12. The molecule has 0 N–H and O–H groups in total. The average molecular weight is 318 g/mol. The number of rotatable bonds is 8. The summed E-state index contributed by atoms with van der Waals surface area (Å²) in [5.74, 6) is -1.58. The fraction of sp³-hybridized carbons (Fsp3) is 0.250. The van der Waals surface area contributed by atoms with E-state index in [4.69, 9.17) is 4.74 Å². The van der Waals surface area contributed by atoms with Gasteiger partial charge in [-0.25, -0.2) is 0 Å². The summed E-state index contributed by atoms with van der Waals surface area (Å²) in [6, 6.07) is 13.5. The molecule has 6 heteroatoms. The van der Waals surface area contributed by atoms with Gasteiger partial charge in [0.15, 0.2) is 0 Å². The molecule has 0 spiro atoms. The lowest BCUT2D eigenvalue weighted by Crippen LogP contribution is -2.35. The van der Waals surface area contributed by atoms with Gasteiger partial charge in [-0.05, 0) is 17.0 Å². The lowest BCUT2D eigenvalue weighted by Gasteiger charge is -2.22. The molecule has 0 bridgehead atoms. The first-order valence-corrected chi connectivity index (χ1v) is 7.65. The molecule has 1 aromatic heterocycles. The molecule has 1 heterocycles. The highest BCUT2D eigenvalue weighted by Crippen LogP contribution is 2.14. The molecule has 2 aromatic rings. The van der Waals surface area contributed by atoms with Crippen molar-refractivity contribution in [3.8, 4) is 0 Å². The molecule has 0 fully saturated rings. The van der Waals surface area contributed by atoms with Crippen LogP contribution in [0.3, 0.4) is 0 Å². The number of amides is 1. The average Bonchev–Trinajstić information content (AvgIpc) is 3.00. The van der Waals surface area contributed by atoms with Gasteiger partial charge in [-0.1, -0.05) is 36.4 Å². The third-order valence-electron chi connectivity index (χ3n) is 2.94. The highest BCUT2D eigenvalue weighted by atomic mass is 32.1. The van der Waals surface area contributed by atoms with E-state index in [0.29, 0.717) is 13.1 Å². The summed E-state index contributed by atoms with van der Waals surface area (Å²) in [5, 5.41) is 12.3. The molecular weight excluding hydrogens is 302 g/mol. The predicted molar refractivity (Wildman–Crippen MR) is 80.8 cm³/mol. The zero-order valence-electron chi connectivity index (χ0n) is 11.9. The van der Waals surface area contributed by atoms with Crippen LogP contribution in [0.1, 0.15) is 10.4 Å². The number of ether oxygens (including phenoxy) is 1. The second kappa shape index (κ2) is 8.31. The molecular formula is C16H16NO4S-. The van der Waals surface area contributed by atoms with Crippen molar-refractivity contribution >= 4 is 23.2 Å². The SMILES string of the molecule is O=C([O-])COCC(=O)N(Cc1ccccc1)Cc1cccs1. The van der Waals surface area contributed by atoms with Crippen molar-refractivity contribution in [1.82, 2.24) is 4.90 Å². The van der Waals surface area contributed by atoms with Crippen LogP contribution >= 0.6 is 11.3 Å². The number of thiophene rings is 1. The summed E-state index contributed by atoms with van der Waals surface area (Å²) < 4.78 is 4.84. The molecule has 2 rings (SSSR count). The van der Waals surface area contributed by atoms with Crippen LogP contribution in [0.25, 0.3) is 0 Å². The van der Waals surface area contributed by atoms with Gasteiger partial charge in [0.2, 0.25) is 5.91 Å². The van der Waals surface area contributed by atoms with E-state index in [1.165, 1.54) is 0 Å². The highest BCUT2D eigenvalue weighted by Gasteiger charge is 2.15. The van der Waals surface area contributed by atoms with Crippen LogP contribution in [0.5, 0.6) is 0 Å². The monoisotopic (exact) mass is 318 g/mol. The third kappa shape index (κ3) is 5.31. The molecule has 5 nitrogen and oxygen atoms in total. The van der Waals surface area contributed by atoms with Crippen LogP contribution in [-0.2, 0) is 27.4 Å². The van der Waals surface area contributed by atoms with Gasteiger partial charge in [0.05, 0.1) is 19.1 Å². The molecule has 116 valence electrons. The number of hydrogen-bond donors (Lipinski definition) is 0. The van der Waals surface area contributed by atoms with Crippen molar-refractivity contribution in [2.75, 3.05) is 13.2 Å². The smallest absolute Gasteiger partial charge is 0.249 e. The summed E-state index contributed by atoms with van der Waals surface area (Å²) >= 11 is 1.57.